The lowest BCUT2D eigenvalue weighted by Gasteiger charge is -2.34. The molecular weight excluding hydrogens is 378 g/mol. The molecule has 0 aromatic heterocycles. The minimum absolute atomic E-state index is 0.111. The molecule has 156 valence electrons. The largest absolute Gasteiger partial charge is 0.379 e. The van der Waals surface area contributed by atoms with Crippen LogP contribution in [0.25, 0.3) is 0 Å². The van der Waals surface area contributed by atoms with Crippen molar-refractivity contribution in [1.29, 1.82) is 0 Å². The lowest BCUT2D eigenvalue weighted by Crippen LogP contribution is -2.42. The van der Waals surface area contributed by atoms with Crippen LogP contribution >= 0.6 is 0 Å². The number of morpholine rings is 1. The summed E-state index contributed by atoms with van der Waals surface area (Å²) in [5, 5.41) is 2.87. The molecule has 2 saturated heterocycles. The smallest absolute Gasteiger partial charge is 0.243 e. The molecule has 0 aliphatic carbocycles. The van der Waals surface area contributed by atoms with Crippen LogP contribution in [0.5, 0.6) is 0 Å². The average Bonchev–Trinajstić information content (AvgIpc) is 2.63. The molecule has 0 saturated carbocycles. The summed E-state index contributed by atoms with van der Waals surface area (Å²) in [6, 6.07) is 5.07. The van der Waals surface area contributed by atoms with Gasteiger partial charge in [-0.25, -0.2) is 8.42 Å². The van der Waals surface area contributed by atoms with Crippen molar-refractivity contribution in [2.45, 2.75) is 32.1 Å². The summed E-state index contributed by atoms with van der Waals surface area (Å²) in [6.07, 6.45) is 1.19. The first-order valence-corrected chi connectivity index (χ1v) is 11.4. The number of nitrogens with zero attached hydrogens (tertiary/aromatic N) is 2. The Morgan fingerprint density at radius 2 is 1.82 bits per heavy atom. The van der Waals surface area contributed by atoms with E-state index >= 15 is 0 Å². The molecule has 2 fully saturated rings. The van der Waals surface area contributed by atoms with Crippen LogP contribution < -0.4 is 5.32 Å². The van der Waals surface area contributed by atoms with Crippen molar-refractivity contribution in [2.75, 3.05) is 51.3 Å². The minimum atomic E-state index is -3.60. The van der Waals surface area contributed by atoms with E-state index in [1.165, 1.54) is 10.7 Å². The molecule has 1 N–H and O–H groups in total. The van der Waals surface area contributed by atoms with Gasteiger partial charge < -0.3 is 10.1 Å². The van der Waals surface area contributed by atoms with E-state index in [9.17, 15) is 13.2 Å². The molecule has 1 aromatic carbocycles. The van der Waals surface area contributed by atoms with Crippen molar-refractivity contribution in [2.24, 2.45) is 11.8 Å². The highest BCUT2D eigenvalue weighted by molar-refractivity contribution is 7.89. The zero-order chi connectivity index (χ0) is 20.3. The van der Waals surface area contributed by atoms with Gasteiger partial charge in [-0.2, -0.15) is 4.31 Å². The first kappa shape index (κ1) is 21.2. The Morgan fingerprint density at radius 1 is 1.18 bits per heavy atom. The van der Waals surface area contributed by atoms with Gasteiger partial charge in [0.2, 0.25) is 15.9 Å². The van der Waals surface area contributed by atoms with Gasteiger partial charge in [0.15, 0.2) is 0 Å². The van der Waals surface area contributed by atoms with Crippen molar-refractivity contribution in [3.8, 4) is 0 Å². The maximum absolute atomic E-state index is 13.0. The Kier molecular flexibility index (Phi) is 6.75. The SMILES string of the molecule is Cc1ccc(NC(=O)CN2C[C@H](C)C[C@@H](C)C2)cc1S(=O)(=O)N1CCOCC1. The van der Waals surface area contributed by atoms with Gasteiger partial charge in [-0.3, -0.25) is 9.69 Å². The Hall–Kier alpha value is -1.48. The van der Waals surface area contributed by atoms with E-state index in [0.717, 1.165) is 13.1 Å². The fourth-order valence-electron chi connectivity index (χ4n) is 4.21. The number of anilines is 1. The molecule has 0 radical (unpaired) electrons. The number of carbonyl (C=O) groups excluding carboxylic acids is 1. The monoisotopic (exact) mass is 409 g/mol. The molecule has 8 heteroatoms. The first-order chi connectivity index (χ1) is 13.3. The topological polar surface area (TPSA) is 79.0 Å². The molecule has 1 aromatic rings. The van der Waals surface area contributed by atoms with Crippen LogP contribution in [-0.4, -0.2) is 69.5 Å². The predicted molar refractivity (Wildman–Crippen MR) is 109 cm³/mol. The van der Waals surface area contributed by atoms with Gasteiger partial charge in [0.25, 0.3) is 0 Å². The van der Waals surface area contributed by atoms with Crippen molar-refractivity contribution in [3.63, 3.8) is 0 Å². The van der Waals surface area contributed by atoms with Crippen LogP contribution in [0, 0.1) is 18.8 Å². The number of ether oxygens (including phenoxy) is 1. The third-order valence-electron chi connectivity index (χ3n) is 5.37. The van der Waals surface area contributed by atoms with E-state index < -0.39 is 10.0 Å². The highest BCUT2D eigenvalue weighted by Crippen LogP contribution is 2.25. The second-order valence-corrected chi connectivity index (χ2v) is 10.1. The number of nitrogens with one attached hydrogen (secondary N) is 1. The van der Waals surface area contributed by atoms with Crippen molar-refractivity contribution in [1.82, 2.24) is 9.21 Å². The second kappa shape index (κ2) is 8.90. The average molecular weight is 410 g/mol. The summed E-state index contributed by atoms with van der Waals surface area (Å²) in [7, 11) is -3.60. The van der Waals surface area contributed by atoms with Crippen LogP contribution in [0.15, 0.2) is 23.1 Å². The Morgan fingerprint density at radius 3 is 2.46 bits per heavy atom. The molecular formula is C20H31N3O4S. The lowest BCUT2D eigenvalue weighted by atomic mass is 9.92. The molecule has 1 amide bonds. The Bertz CT molecular complexity index is 796. The van der Waals surface area contributed by atoms with E-state index in [0.29, 0.717) is 55.9 Å². The van der Waals surface area contributed by atoms with Gasteiger partial charge in [-0.05, 0) is 42.9 Å². The summed E-state index contributed by atoms with van der Waals surface area (Å²) >= 11 is 0. The summed E-state index contributed by atoms with van der Waals surface area (Å²) in [4.78, 5) is 14.9. The number of hydrogen-bond donors (Lipinski definition) is 1. The number of aryl methyl sites for hydroxylation is 1. The van der Waals surface area contributed by atoms with Crippen LogP contribution in [0.3, 0.4) is 0 Å². The Labute approximate surface area is 168 Å². The van der Waals surface area contributed by atoms with Crippen molar-refractivity contribution < 1.29 is 17.9 Å². The molecule has 2 atom stereocenters. The zero-order valence-electron chi connectivity index (χ0n) is 17.0. The predicted octanol–water partition coefficient (Wildman–Crippen LogP) is 1.93. The van der Waals surface area contributed by atoms with Crippen LogP contribution in [0.2, 0.25) is 0 Å². The number of benzene rings is 1. The van der Waals surface area contributed by atoms with Gasteiger partial charge in [0.1, 0.15) is 0 Å². The van der Waals surface area contributed by atoms with Crippen molar-refractivity contribution in [3.05, 3.63) is 23.8 Å². The number of piperidine rings is 1. The van der Waals surface area contributed by atoms with E-state index in [1.807, 2.05) is 0 Å². The van der Waals surface area contributed by atoms with E-state index in [4.69, 9.17) is 4.74 Å². The number of amides is 1. The molecule has 0 unspecified atom stereocenters. The molecule has 2 aliphatic rings. The molecule has 0 bridgehead atoms. The Balaban J connectivity index is 1.69. The molecule has 0 spiro atoms. The standard InChI is InChI=1S/C20H31N3O4S/c1-15-10-16(2)13-22(12-15)14-20(24)21-18-5-4-17(3)19(11-18)28(25,26)23-6-8-27-9-7-23/h4-5,11,15-16H,6-10,12-14H2,1-3H3,(H,21,24)/t15-,16-/m1/s1. The zero-order valence-corrected chi connectivity index (χ0v) is 17.8. The fraction of sp³-hybridized carbons (Fsp3) is 0.650. The molecule has 2 aliphatic heterocycles. The van der Waals surface area contributed by atoms with Gasteiger partial charge in [0.05, 0.1) is 24.7 Å². The summed E-state index contributed by atoms with van der Waals surface area (Å²) in [5.41, 5.74) is 1.18. The number of hydrogen-bond acceptors (Lipinski definition) is 5. The maximum Gasteiger partial charge on any atom is 0.243 e. The maximum atomic E-state index is 13.0. The number of sulfonamides is 1. The molecule has 7 nitrogen and oxygen atoms in total. The third kappa shape index (κ3) is 5.11. The van der Waals surface area contributed by atoms with Gasteiger partial charge in [0, 0.05) is 31.9 Å². The van der Waals surface area contributed by atoms with Crippen LogP contribution in [0.1, 0.15) is 25.8 Å². The summed E-state index contributed by atoms with van der Waals surface area (Å²) in [6.45, 7) is 9.87. The molecule has 28 heavy (non-hydrogen) atoms. The van der Waals surface area contributed by atoms with Gasteiger partial charge >= 0.3 is 0 Å². The summed E-state index contributed by atoms with van der Waals surface area (Å²) < 4.78 is 32.7. The number of likely N-dealkylation sites (tertiary alicyclic amines) is 1. The van der Waals surface area contributed by atoms with Crippen molar-refractivity contribution >= 4 is 21.6 Å². The number of carbonyl (C=O) groups is 1. The molecule has 3 rings (SSSR count). The van der Waals surface area contributed by atoms with E-state index in [1.54, 1.807) is 25.1 Å². The van der Waals surface area contributed by atoms with Gasteiger partial charge in [-0.15, -0.1) is 0 Å². The molecule has 2 heterocycles. The normalized spacial score (nSPS) is 24.8. The van der Waals surface area contributed by atoms with Gasteiger partial charge in [-0.1, -0.05) is 19.9 Å². The fourth-order valence-corrected chi connectivity index (χ4v) is 5.87. The van der Waals surface area contributed by atoms with Crippen LogP contribution in [-0.2, 0) is 19.6 Å². The lowest BCUT2D eigenvalue weighted by molar-refractivity contribution is -0.117. The minimum Gasteiger partial charge on any atom is -0.379 e. The summed E-state index contributed by atoms with van der Waals surface area (Å²) in [5.74, 6) is 1.06. The second-order valence-electron chi connectivity index (χ2n) is 8.19. The first-order valence-electron chi connectivity index (χ1n) is 9.96. The van der Waals surface area contributed by atoms with Crippen LogP contribution in [0.4, 0.5) is 5.69 Å². The highest BCUT2D eigenvalue weighted by atomic mass is 32.2. The van der Waals surface area contributed by atoms with E-state index in [2.05, 4.69) is 24.1 Å². The number of rotatable bonds is 5. The van der Waals surface area contributed by atoms with E-state index in [-0.39, 0.29) is 10.8 Å². The quantitative estimate of drug-likeness (QED) is 0.804. The third-order valence-corrected chi connectivity index (χ3v) is 7.41. The highest BCUT2D eigenvalue weighted by Gasteiger charge is 2.28.